The Hall–Kier alpha value is -3.28. The highest BCUT2D eigenvalue weighted by atomic mass is 16.5. The zero-order valence-electron chi connectivity index (χ0n) is 18.8. The second-order valence-corrected chi connectivity index (χ2v) is 7.82. The number of nitrogens with one attached hydrogen (secondary N) is 1. The monoisotopic (exact) mass is 437 g/mol. The third-order valence-electron chi connectivity index (χ3n) is 5.29. The van der Waals surface area contributed by atoms with E-state index in [0.717, 1.165) is 37.7 Å². The van der Waals surface area contributed by atoms with Gasteiger partial charge < -0.3 is 19.5 Å². The third kappa shape index (κ3) is 6.87. The Morgan fingerprint density at radius 2 is 1.78 bits per heavy atom. The van der Waals surface area contributed by atoms with Gasteiger partial charge >= 0.3 is 5.97 Å². The first-order valence-corrected chi connectivity index (χ1v) is 11.2. The second-order valence-electron chi connectivity index (χ2n) is 7.82. The van der Waals surface area contributed by atoms with Crippen molar-refractivity contribution >= 4 is 23.6 Å². The quantitative estimate of drug-likeness (QED) is 0.407. The highest BCUT2D eigenvalue weighted by Crippen LogP contribution is 2.28. The first-order valence-electron chi connectivity index (χ1n) is 11.2. The molecule has 0 heterocycles. The van der Waals surface area contributed by atoms with Gasteiger partial charge in [-0.2, -0.15) is 0 Å². The van der Waals surface area contributed by atoms with Crippen LogP contribution in [0, 0.1) is 0 Å². The van der Waals surface area contributed by atoms with Crippen LogP contribution in [-0.2, 0) is 9.53 Å². The summed E-state index contributed by atoms with van der Waals surface area (Å²) in [4.78, 5) is 24.6. The number of benzene rings is 2. The van der Waals surface area contributed by atoms with Gasteiger partial charge in [0.2, 0.25) is 5.91 Å². The van der Waals surface area contributed by atoms with Crippen LogP contribution in [-0.4, -0.2) is 31.7 Å². The largest absolute Gasteiger partial charge is 0.493 e. The van der Waals surface area contributed by atoms with Crippen molar-refractivity contribution in [3.05, 3.63) is 59.7 Å². The van der Waals surface area contributed by atoms with E-state index in [9.17, 15) is 9.59 Å². The molecular weight excluding hydrogens is 406 g/mol. The number of esters is 1. The lowest BCUT2D eigenvalue weighted by Crippen LogP contribution is -2.20. The Morgan fingerprint density at radius 1 is 1.03 bits per heavy atom. The number of rotatable bonds is 9. The van der Waals surface area contributed by atoms with Gasteiger partial charge in [-0.3, -0.25) is 4.79 Å². The number of amides is 1. The molecule has 0 spiro atoms. The molecule has 2 aromatic rings. The number of anilines is 1. The molecule has 6 nitrogen and oxygen atoms in total. The lowest BCUT2D eigenvalue weighted by Gasteiger charge is -2.21. The van der Waals surface area contributed by atoms with Crippen LogP contribution in [0.25, 0.3) is 6.08 Å². The SMILES string of the molecule is CCCOc1ccc(C=CC(=O)Nc2ccc(C(=O)OC3CCCCC3)cc2)cc1OC. The minimum absolute atomic E-state index is 0.0201. The van der Waals surface area contributed by atoms with Gasteiger partial charge in [0.15, 0.2) is 11.5 Å². The highest BCUT2D eigenvalue weighted by molar-refractivity contribution is 6.02. The molecule has 2 aromatic carbocycles. The average Bonchev–Trinajstić information content (AvgIpc) is 2.82. The minimum Gasteiger partial charge on any atom is -0.493 e. The number of methoxy groups -OCH3 is 1. The van der Waals surface area contributed by atoms with E-state index in [1.165, 1.54) is 12.5 Å². The number of hydrogen-bond donors (Lipinski definition) is 1. The summed E-state index contributed by atoms with van der Waals surface area (Å²) in [5.74, 6) is 0.720. The standard InChI is InChI=1S/C26H31NO5/c1-3-17-31-23-15-9-19(18-24(23)30-2)10-16-25(28)27-21-13-11-20(12-14-21)26(29)32-22-7-5-4-6-8-22/h9-16,18,22H,3-8,17H2,1-2H3,(H,27,28). The summed E-state index contributed by atoms with van der Waals surface area (Å²) in [6.07, 6.45) is 9.39. The minimum atomic E-state index is -0.310. The molecule has 6 heteroatoms. The van der Waals surface area contributed by atoms with Crippen LogP contribution in [0.2, 0.25) is 0 Å². The zero-order chi connectivity index (χ0) is 22.8. The first-order chi connectivity index (χ1) is 15.6. The number of carbonyl (C=O) groups excluding carboxylic acids is 2. The molecule has 1 fully saturated rings. The van der Waals surface area contributed by atoms with Crippen LogP contribution >= 0.6 is 0 Å². The van der Waals surface area contributed by atoms with Crippen LogP contribution in [0.5, 0.6) is 11.5 Å². The maximum atomic E-state index is 12.3. The van der Waals surface area contributed by atoms with E-state index in [0.29, 0.717) is 29.4 Å². The van der Waals surface area contributed by atoms with Crippen LogP contribution in [0.4, 0.5) is 5.69 Å². The van der Waals surface area contributed by atoms with Crippen molar-refractivity contribution in [2.24, 2.45) is 0 Å². The van der Waals surface area contributed by atoms with E-state index < -0.39 is 0 Å². The van der Waals surface area contributed by atoms with E-state index >= 15 is 0 Å². The highest BCUT2D eigenvalue weighted by Gasteiger charge is 2.18. The van der Waals surface area contributed by atoms with Crippen molar-refractivity contribution in [2.45, 2.75) is 51.6 Å². The smallest absolute Gasteiger partial charge is 0.338 e. The Kier molecular flexibility index (Phi) is 8.72. The molecule has 0 unspecified atom stereocenters. The molecular formula is C26H31NO5. The summed E-state index contributed by atoms with van der Waals surface area (Å²) < 4.78 is 16.6. The fourth-order valence-electron chi connectivity index (χ4n) is 3.57. The Morgan fingerprint density at radius 3 is 2.47 bits per heavy atom. The molecule has 1 aliphatic carbocycles. The Balaban J connectivity index is 1.54. The maximum Gasteiger partial charge on any atom is 0.338 e. The van der Waals surface area contributed by atoms with Crippen molar-refractivity contribution in [3.63, 3.8) is 0 Å². The van der Waals surface area contributed by atoms with Gasteiger partial charge in [0.25, 0.3) is 0 Å². The van der Waals surface area contributed by atoms with Crippen LogP contribution in [0.3, 0.4) is 0 Å². The molecule has 1 amide bonds. The molecule has 0 saturated heterocycles. The molecule has 32 heavy (non-hydrogen) atoms. The van der Waals surface area contributed by atoms with Gasteiger partial charge in [-0.15, -0.1) is 0 Å². The van der Waals surface area contributed by atoms with Gasteiger partial charge in [-0.05, 0) is 80.1 Å². The topological polar surface area (TPSA) is 73.9 Å². The van der Waals surface area contributed by atoms with Gasteiger partial charge in [0.05, 0.1) is 19.3 Å². The first kappa shape index (κ1) is 23.4. The summed E-state index contributed by atoms with van der Waals surface area (Å²) in [5.41, 5.74) is 1.91. The predicted octanol–water partition coefficient (Wildman–Crippen LogP) is 5.63. The van der Waals surface area contributed by atoms with Crippen LogP contribution < -0.4 is 14.8 Å². The normalized spacial score (nSPS) is 14.2. The van der Waals surface area contributed by atoms with Crippen molar-refractivity contribution in [1.82, 2.24) is 0 Å². The Labute approximate surface area is 189 Å². The van der Waals surface area contributed by atoms with E-state index in [1.54, 1.807) is 37.5 Å². The molecule has 3 rings (SSSR count). The number of carbonyl (C=O) groups is 2. The number of hydrogen-bond acceptors (Lipinski definition) is 5. The Bertz CT molecular complexity index is 930. The van der Waals surface area contributed by atoms with E-state index in [-0.39, 0.29) is 18.0 Å². The lowest BCUT2D eigenvalue weighted by molar-refractivity contribution is -0.111. The van der Waals surface area contributed by atoms with Gasteiger partial charge in [-0.1, -0.05) is 19.4 Å². The van der Waals surface area contributed by atoms with Crippen molar-refractivity contribution in [2.75, 3.05) is 19.0 Å². The molecule has 0 atom stereocenters. The fourth-order valence-corrected chi connectivity index (χ4v) is 3.57. The summed E-state index contributed by atoms with van der Waals surface area (Å²) in [7, 11) is 1.59. The number of ether oxygens (including phenoxy) is 3. The summed E-state index contributed by atoms with van der Waals surface area (Å²) >= 11 is 0. The summed E-state index contributed by atoms with van der Waals surface area (Å²) in [6, 6.07) is 12.3. The van der Waals surface area contributed by atoms with E-state index in [4.69, 9.17) is 14.2 Å². The van der Waals surface area contributed by atoms with E-state index in [2.05, 4.69) is 5.32 Å². The zero-order valence-corrected chi connectivity index (χ0v) is 18.8. The van der Waals surface area contributed by atoms with Crippen LogP contribution in [0.15, 0.2) is 48.5 Å². The summed E-state index contributed by atoms with van der Waals surface area (Å²) in [6.45, 7) is 2.66. The molecule has 170 valence electrons. The molecule has 0 radical (unpaired) electrons. The van der Waals surface area contributed by atoms with Crippen molar-refractivity contribution in [3.8, 4) is 11.5 Å². The molecule has 1 saturated carbocycles. The average molecular weight is 438 g/mol. The predicted molar refractivity (Wildman–Crippen MR) is 125 cm³/mol. The van der Waals surface area contributed by atoms with Gasteiger partial charge in [0, 0.05) is 11.8 Å². The molecule has 0 aliphatic heterocycles. The van der Waals surface area contributed by atoms with Crippen molar-refractivity contribution < 1.29 is 23.8 Å². The third-order valence-corrected chi connectivity index (χ3v) is 5.29. The maximum absolute atomic E-state index is 12.3. The lowest BCUT2D eigenvalue weighted by atomic mass is 9.98. The van der Waals surface area contributed by atoms with Gasteiger partial charge in [-0.25, -0.2) is 4.79 Å². The summed E-state index contributed by atoms with van der Waals surface area (Å²) in [5, 5.41) is 2.79. The molecule has 0 aromatic heterocycles. The van der Waals surface area contributed by atoms with Crippen molar-refractivity contribution in [1.29, 1.82) is 0 Å². The van der Waals surface area contributed by atoms with E-state index in [1.807, 2.05) is 25.1 Å². The van der Waals surface area contributed by atoms with Gasteiger partial charge in [0.1, 0.15) is 6.10 Å². The fraction of sp³-hybridized carbons (Fsp3) is 0.385. The molecule has 0 bridgehead atoms. The second kappa shape index (κ2) is 11.9. The molecule has 1 aliphatic rings. The van der Waals surface area contributed by atoms with Crippen LogP contribution in [0.1, 0.15) is 61.4 Å². The molecule has 1 N–H and O–H groups in total.